The van der Waals surface area contributed by atoms with Crippen LogP contribution in [0.1, 0.15) is 31.7 Å². The molecule has 0 saturated heterocycles. The van der Waals surface area contributed by atoms with Crippen LogP contribution in [-0.4, -0.2) is 21.3 Å². The topological polar surface area (TPSA) is 53.4 Å². The number of hydrogen-bond donors (Lipinski definition) is 2. The van der Waals surface area contributed by atoms with Crippen LogP contribution >= 0.6 is 0 Å². The lowest BCUT2D eigenvalue weighted by atomic mass is 10.0. The molecule has 0 saturated carbocycles. The number of allylic oxidation sites excluding steroid dienone is 1. The van der Waals surface area contributed by atoms with Gasteiger partial charge >= 0.3 is 0 Å². The molecule has 1 heterocycles. The first-order valence-electron chi connectivity index (χ1n) is 8.87. The molecule has 3 nitrogen and oxygen atoms in total. The number of halogens is 2. The van der Waals surface area contributed by atoms with Gasteiger partial charge in [0.05, 0.1) is 11.8 Å². The Morgan fingerprint density at radius 2 is 1.89 bits per heavy atom. The summed E-state index contributed by atoms with van der Waals surface area (Å²) in [5.41, 5.74) is 1.34. The van der Waals surface area contributed by atoms with E-state index in [9.17, 15) is 19.0 Å². The maximum absolute atomic E-state index is 14.1. The highest BCUT2D eigenvalue weighted by Gasteiger charge is 2.15. The van der Waals surface area contributed by atoms with E-state index in [0.29, 0.717) is 5.69 Å². The van der Waals surface area contributed by atoms with Gasteiger partial charge in [-0.25, -0.2) is 4.39 Å². The Morgan fingerprint density at radius 1 is 1.07 bits per heavy atom. The summed E-state index contributed by atoms with van der Waals surface area (Å²) in [6.45, 7) is 1.78. The molecule has 0 aliphatic heterocycles. The van der Waals surface area contributed by atoms with Crippen LogP contribution in [0.2, 0.25) is 0 Å². The Hall–Kier alpha value is -2.79. The molecular formula is C22H21F2NO2. The zero-order valence-corrected chi connectivity index (χ0v) is 15.0. The first kappa shape index (κ1) is 19.0. The highest BCUT2D eigenvalue weighted by Crippen LogP contribution is 2.29. The summed E-state index contributed by atoms with van der Waals surface area (Å²) >= 11 is 0. The molecule has 0 fully saturated rings. The third kappa shape index (κ3) is 4.49. The quantitative estimate of drug-likeness (QED) is 0.568. The van der Waals surface area contributed by atoms with Gasteiger partial charge in [0.25, 0.3) is 0 Å². The van der Waals surface area contributed by atoms with Gasteiger partial charge in [0.15, 0.2) is 11.6 Å². The van der Waals surface area contributed by atoms with Crippen molar-refractivity contribution in [2.45, 2.75) is 32.3 Å². The second kappa shape index (κ2) is 8.27. The van der Waals surface area contributed by atoms with Crippen LogP contribution < -0.4 is 0 Å². The normalized spacial score (nSPS) is 12.7. The Morgan fingerprint density at radius 3 is 2.67 bits per heavy atom. The van der Waals surface area contributed by atoms with Crippen LogP contribution in [0, 0.1) is 11.6 Å². The minimum Gasteiger partial charge on any atom is -0.505 e. The summed E-state index contributed by atoms with van der Waals surface area (Å²) in [6, 6.07) is 9.96. The second-order valence-corrected chi connectivity index (χ2v) is 6.62. The molecule has 0 aliphatic carbocycles. The van der Waals surface area contributed by atoms with Gasteiger partial charge in [-0.05, 0) is 61.4 Å². The molecule has 2 aromatic carbocycles. The number of unbranched alkanes of at least 4 members (excludes halogenated alkanes) is 1. The maximum Gasteiger partial charge on any atom is 0.201 e. The Labute approximate surface area is 156 Å². The van der Waals surface area contributed by atoms with E-state index in [2.05, 4.69) is 11.1 Å². The average Bonchev–Trinajstić information content (AvgIpc) is 2.65. The van der Waals surface area contributed by atoms with Crippen molar-refractivity contribution in [3.05, 3.63) is 65.9 Å². The number of hydrogen-bond acceptors (Lipinski definition) is 3. The predicted octanol–water partition coefficient (Wildman–Crippen LogP) is 5.45. The van der Waals surface area contributed by atoms with Gasteiger partial charge < -0.3 is 10.2 Å². The number of benzene rings is 2. The highest BCUT2D eigenvalue weighted by atomic mass is 19.2. The minimum absolute atomic E-state index is 0.00860. The number of phenols is 1. The third-order valence-corrected chi connectivity index (χ3v) is 4.39. The van der Waals surface area contributed by atoms with Gasteiger partial charge in [0.2, 0.25) is 5.82 Å². The van der Waals surface area contributed by atoms with Crippen molar-refractivity contribution in [2.75, 3.05) is 0 Å². The van der Waals surface area contributed by atoms with Crippen molar-refractivity contribution >= 4 is 16.8 Å². The number of phenolic OH excluding ortho intramolecular Hbond substituents is 1. The van der Waals surface area contributed by atoms with Crippen LogP contribution in [0.3, 0.4) is 0 Å². The molecule has 1 aromatic heterocycles. The fourth-order valence-electron chi connectivity index (χ4n) is 2.90. The number of rotatable bonds is 6. The summed E-state index contributed by atoms with van der Waals surface area (Å²) in [6.07, 6.45) is 8.05. The molecule has 0 radical (unpaired) electrons. The lowest BCUT2D eigenvalue weighted by Gasteiger charge is -2.07. The summed E-state index contributed by atoms with van der Waals surface area (Å²) in [4.78, 5) is 4.24. The minimum atomic E-state index is -1.27. The molecule has 0 bridgehead atoms. The van der Waals surface area contributed by atoms with Crippen LogP contribution in [0.5, 0.6) is 5.75 Å². The van der Waals surface area contributed by atoms with Crippen LogP contribution in [0.15, 0.2) is 48.7 Å². The molecule has 2 N–H and O–H groups in total. The van der Waals surface area contributed by atoms with Gasteiger partial charge in [-0.15, -0.1) is 0 Å². The number of pyridine rings is 1. The summed E-state index contributed by atoms with van der Waals surface area (Å²) in [7, 11) is 0. The SMILES string of the molecule is CC(O)CCCC=Cc1ccc2cc(-c3ccc(O)c(F)c3F)ncc2c1. The van der Waals surface area contributed by atoms with E-state index >= 15 is 0 Å². The average molecular weight is 369 g/mol. The lowest BCUT2D eigenvalue weighted by Crippen LogP contribution is -1.97. The number of aliphatic hydroxyl groups excluding tert-OH is 1. The number of aromatic nitrogens is 1. The van der Waals surface area contributed by atoms with E-state index < -0.39 is 17.4 Å². The van der Waals surface area contributed by atoms with E-state index in [-0.39, 0.29) is 11.7 Å². The predicted molar refractivity (Wildman–Crippen MR) is 103 cm³/mol. The number of fused-ring (bicyclic) bond motifs is 1. The largest absolute Gasteiger partial charge is 0.505 e. The van der Waals surface area contributed by atoms with Gasteiger partial charge in [0.1, 0.15) is 0 Å². The lowest BCUT2D eigenvalue weighted by molar-refractivity contribution is 0.182. The molecular weight excluding hydrogens is 348 g/mol. The first-order chi connectivity index (χ1) is 13.0. The zero-order chi connectivity index (χ0) is 19.4. The van der Waals surface area contributed by atoms with Crippen molar-refractivity contribution in [2.24, 2.45) is 0 Å². The van der Waals surface area contributed by atoms with Crippen molar-refractivity contribution in [1.82, 2.24) is 4.98 Å². The van der Waals surface area contributed by atoms with Crippen LogP contribution in [0.4, 0.5) is 8.78 Å². The van der Waals surface area contributed by atoms with Crippen molar-refractivity contribution in [3.8, 4) is 17.0 Å². The Bertz CT molecular complexity index is 983. The molecule has 27 heavy (non-hydrogen) atoms. The smallest absolute Gasteiger partial charge is 0.201 e. The highest BCUT2D eigenvalue weighted by molar-refractivity contribution is 5.87. The number of aromatic hydroxyl groups is 1. The molecule has 0 spiro atoms. The summed E-state index contributed by atoms with van der Waals surface area (Å²) in [5.74, 6) is -3.11. The van der Waals surface area contributed by atoms with Crippen molar-refractivity contribution in [3.63, 3.8) is 0 Å². The molecule has 3 rings (SSSR count). The molecule has 0 amide bonds. The van der Waals surface area contributed by atoms with E-state index in [1.54, 1.807) is 19.2 Å². The van der Waals surface area contributed by atoms with Gasteiger partial charge in [-0.3, -0.25) is 4.98 Å². The molecule has 5 heteroatoms. The third-order valence-electron chi connectivity index (χ3n) is 4.39. The maximum atomic E-state index is 14.1. The van der Waals surface area contributed by atoms with Gasteiger partial charge in [-0.1, -0.05) is 24.3 Å². The molecule has 1 atom stereocenters. The van der Waals surface area contributed by atoms with Crippen molar-refractivity contribution in [1.29, 1.82) is 0 Å². The van der Waals surface area contributed by atoms with Gasteiger partial charge in [-0.2, -0.15) is 4.39 Å². The molecule has 3 aromatic rings. The van der Waals surface area contributed by atoms with Crippen LogP contribution in [-0.2, 0) is 0 Å². The Balaban J connectivity index is 1.81. The molecule has 1 unspecified atom stereocenters. The fraction of sp³-hybridized carbons (Fsp3) is 0.227. The van der Waals surface area contributed by atoms with E-state index in [1.165, 1.54) is 6.07 Å². The molecule has 0 aliphatic rings. The fourth-order valence-corrected chi connectivity index (χ4v) is 2.90. The van der Waals surface area contributed by atoms with E-state index in [4.69, 9.17) is 0 Å². The van der Waals surface area contributed by atoms with Gasteiger partial charge in [0, 0.05) is 17.1 Å². The number of nitrogens with zero attached hydrogens (tertiary/aromatic N) is 1. The van der Waals surface area contributed by atoms with Crippen LogP contribution in [0.25, 0.3) is 28.1 Å². The Kier molecular flexibility index (Phi) is 5.81. The van der Waals surface area contributed by atoms with E-state index in [1.807, 2.05) is 24.3 Å². The molecule has 140 valence electrons. The zero-order valence-electron chi connectivity index (χ0n) is 15.0. The standard InChI is InChI=1S/C22H21F2NO2/c1-14(26)5-3-2-4-6-15-7-8-16-12-19(25-13-17(16)11-15)18-9-10-20(27)22(24)21(18)23/h4,6-14,26-27H,2-3,5H2,1H3. The van der Waals surface area contributed by atoms with E-state index in [0.717, 1.165) is 41.7 Å². The number of aliphatic hydroxyl groups is 1. The monoisotopic (exact) mass is 369 g/mol. The first-order valence-corrected chi connectivity index (χ1v) is 8.87. The summed E-state index contributed by atoms with van der Waals surface area (Å²) < 4.78 is 27.7. The van der Waals surface area contributed by atoms with Crippen molar-refractivity contribution < 1.29 is 19.0 Å². The second-order valence-electron chi connectivity index (χ2n) is 6.62. The summed E-state index contributed by atoms with van der Waals surface area (Å²) in [5, 5.41) is 20.3.